The molecule has 0 heterocycles. The fourth-order valence-corrected chi connectivity index (χ4v) is 2.72. The Kier molecular flexibility index (Phi) is 4.70. The number of carbonyl (C=O) groups excluding carboxylic acids is 1. The zero-order valence-corrected chi connectivity index (χ0v) is 13.6. The molecule has 2 aromatic carbocycles. The van der Waals surface area contributed by atoms with Gasteiger partial charge in [-0.05, 0) is 54.7 Å². The second-order valence-corrected chi connectivity index (χ2v) is 6.39. The number of aromatic carboxylic acids is 1. The highest BCUT2D eigenvalue weighted by Crippen LogP contribution is 2.38. The van der Waals surface area contributed by atoms with Crippen molar-refractivity contribution in [3.8, 4) is 0 Å². The molecule has 3 rings (SSSR count). The molecule has 25 heavy (non-hydrogen) atoms. The molecule has 0 atom stereocenters. The molecule has 3 N–H and O–H groups in total. The van der Waals surface area contributed by atoms with Gasteiger partial charge in [0.05, 0.1) is 5.56 Å². The van der Waals surface area contributed by atoms with E-state index < -0.39 is 5.97 Å². The van der Waals surface area contributed by atoms with Gasteiger partial charge < -0.3 is 15.7 Å². The number of amides is 2. The summed E-state index contributed by atoms with van der Waals surface area (Å²) in [5.74, 6) is -1.25. The van der Waals surface area contributed by atoms with Crippen LogP contribution in [0.25, 0.3) is 0 Å². The minimum Gasteiger partial charge on any atom is -0.478 e. The highest BCUT2D eigenvalue weighted by atomic mass is 19.1. The highest BCUT2D eigenvalue weighted by Gasteiger charge is 2.43. The average Bonchev–Trinajstić information content (AvgIpc) is 3.34. The first-order chi connectivity index (χ1) is 12.0. The van der Waals surface area contributed by atoms with E-state index in [4.69, 9.17) is 5.11 Å². The predicted molar refractivity (Wildman–Crippen MR) is 90.8 cm³/mol. The van der Waals surface area contributed by atoms with Gasteiger partial charge in [-0.25, -0.2) is 14.0 Å². The van der Waals surface area contributed by atoms with Crippen molar-refractivity contribution < 1.29 is 19.1 Å². The normalized spacial score (nSPS) is 14.6. The minimum absolute atomic E-state index is 0.212. The van der Waals surface area contributed by atoms with Crippen LogP contribution in [0.1, 0.15) is 34.3 Å². The van der Waals surface area contributed by atoms with Crippen molar-refractivity contribution in [1.82, 2.24) is 10.6 Å². The Bertz CT molecular complexity index is 768. The lowest BCUT2D eigenvalue weighted by atomic mass is 10.0. The second-order valence-electron chi connectivity index (χ2n) is 6.39. The number of hydrogen-bond acceptors (Lipinski definition) is 2. The molecule has 0 spiro atoms. The molecule has 2 amide bonds. The Labute approximate surface area is 144 Å². The number of carboxylic acids is 1. The maximum absolute atomic E-state index is 13.0. The van der Waals surface area contributed by atoms with Gasteiger partial charge in [0.2, 0.25) is 0 Å². The summed E-state index contributed by atoms with van der Waals surface area (Å²) < 4.78 is 13.0. The van der Waals surface area contributed by atoms with E-state index in [2.05, 4.69) is 10.6 Å². The lowest BCUT2D eigenvalue weighted by molar-refractivity contribution is 0.0697. The van der Waals surface area contributed by atoms with E-state index in [1.54, 1.807) is 24.3 Å². The Balaban J connectivity index is 1.50. The summed E-state index contributed by atoms with van der Waals surface area (Å²) in [6, 6.07) is 12.4. The van der Waals surface area contributed by atoms with Gasteiger partial charge in [-0.3, -0.25) is 0 Å². The average molecular weight is 342 g/mol. The van der Waals surface area contributed by atoms with Crippen LogP contribution in [0.4, 0.5) is 9.18 Å². The summed E-state index contributed by atoms with van der Waals surface area (Å²) >= 11 is 0. The number of carbonyl (C=O) groups is 2. The summed E-state index contributed by atoms with van der Waals surface area (Å²) in [5.41, 5.74) is 1.77. The number of benzene rings is 2. The molecule has 6 heteroatoms. The van der Waals surface area contributed by atoms with Gasteiger partial charge in [0.1, 0.15) is 5.82 Å². The van der Waals surface area contributed by atoms with Crippen molar-refractivity contribution >= 4 is 12.0 Å². The third-order valence-corrected chi connectivity index (χ3v) is 4.34. The summed E-state index contributed by atoms with van der Waals surface area (Å²) in [6.07, 6.45) is 2.46. The van der Waals surface area contributed by atoms with Crippen LogP contribution in [0.5, 0.6) is 0 Å². The number of halogens is 1. The van der Waals surface area contributed by atoms with E-state index >= 15 is 0 Å². The first-order valence-electron chi connectivity index (χ1n) is 8.08. The highest BCUT2D eigenvalue weighted by molar-refractivity contribution is 5.87. The third-order valence-electron chi connectivity index (χ3n) is 4.34. The second kappa shape index (κ2) is 6.93. The fraction of sp³-hybridized carbons (Fsp3) is 0.263. The topological polar surface area (TPSA) is 78.4 Å². The fourth-order valence-electron chi connectivity index (χ4n) is 2.72. The number of rotatable bonds is 6. The quantitative estimate of drug-likeness (QED) is 0.755. The standard InChI is InChI=1S/C19H19FN2O3/c20-16-7-3-13(4-8-16)11-19(9-10-19)22-18(25)21-12-14-1-5-15(6-2-14)17(23)24/h1-8H,9-12H2,(H,23,24)(H2,21,22,25). The van der Waals surface area contributed by atoms with Crippen molar-refractivity contribution in [2.24, 2.45) is 0 Å². The lowest BCUT2D eigenvalue weighted by Crippen LogP contribution is -2.44. The molecular weight excluding hydrogens is 323 g/mol. The Morgan fingerprint density at radius 2 is 1.60 bits per heavy atom. The van der Waals surface area contributed by atoms with Crippen LogP contribution in [0.3, 0.4) is 0 Å². The molecule has 1 fully saturated rings. The van der Waals surface area contributed by atoms with Gasteiger partial charge in [0, 0.05) is 12.1 Å². The van der Waals surface area contributed by atoms with Gasteiger partial charge in [-0.2, -0.15) is 0 Å². The van der Waals surface area contributed by atoms with Crippen LogP contribution in [0, 0.1) is 5.82 Å². The van der Waals surface area contributed by atoms with E-state index in [1.807, 2.05) is 0 Å². The van der Waals surface area contributed by atoms with E-state index in [9.17, 15) is 14.0 Å². The molecule has 1 saturated carbocycles. The maximum atomic E-state index is 13.0. The number of nitrogens with one attached hydrogen (secondary N) is 2. The first kappa shape index (κ1) is 17.0. The van der Waals surface area contributed by atoms with Crippen molar-refractivity contribution in [3.05, 3.63) is 71.0 Å². The van der Waals surface area contributed by atoms with E-state index in [0.717, 1.165) is 24.0 Å². The Morgan fingerprint density at radius 3 is 2.16 bits per heavy atom. The van der Waals surface area contributed by atoms with E-state index in [-0.39, 0.29) is 23.0 Å². The molecule has 0 aromatic heterocycles. The zero-order chi connectivity index (χ0) is 17.9. The number of urea groups is 1. The Morgan fingerprint density at radius 1 is 1.00 bits per heavy atom. The van der Waals surface area contributed by atoms with E-state index in [0.29, 0.717) is 13.0 Å². The van der Waals surface area contributed by atoms with Crippen LogP contribution < -0.4 is 10.6 Å². The molecule has 0 aliphatic heterocycles. The van der Waals surface area contributed by atoms with Crippen molar-refractivity contribution in [2.75, 3.05) is 0 Å². The molecule has 0 bridgehead atoms. The predicted octanol–water partition coefficient (Wildman–Crippen LogP) is 3.10. The van der Waals surface area contributed by atoms with Crippen LogP contribution in [0.2, 0.25) is 0 Å². The largest absolute Gasteiger partial charge is 0.478 e. The molecule has 1 aliphatic rings. The van der Waals surface area contributed by atoms with Gasteiger partial charge in [0.25, 0.3) is 0 Å². The van der Waals surface area contributed by atoms with Gasteiger partial charge >= 0.3 is 12.0 Å². The SMILES string of the molecule is O=C(NCc1ccc(C(=O)O)cc1)NC1(Cc2ccc(F)cc2)CC1. The maximum Gasteiger partial charge on any atom is 0.335 e. The smallest absolute Gasteiger partial charge is 0.335 e. The van der Waals surface area contributed by atoms with Crippen LogP contribution >= 0.6 is 0 Å². The van der Waals surface area contributed by atoms with Crippen molar-refractivity contribution in [1.29, 1.82) is 0 Å². The van der Waals surface area contributed by atoms with Crippen molar-refractivity contribution in [3.63, 3.8) is 0 Å². The molecule has 0 saturated heterocycles. The molecule has 0 unspecified atom stereocenters. The van der Waals surface area contributed by atoms with Gasteiger partial charge in [-0.1, -0.05) is 24.3 Å². The van der Waals surface area contributed by atoms with Crippen LogP contribution in [-0.2, 0) is 13.0 Å². The molecule has 5 nitrogen and oxygen atoms in total. The monoisotopic (exact) mass is 342 g/mol. The minimum atomic E-state index is -0.978. The summed E-state index contributed by atoms with van der Waals surface area (Å²) in [5, 5.41) is 14.6. The molecular formula is C19H19FN2O3. The zero-order valence-electron chi connectivity index (χ0n) is 13.6. The third kappa shape index (κ3) is 4.56. The number of hydrogen-bond donors (Lipinski definition) is 3. The molecule has 1 aliphatic carbocycles. The van der Waals surface area contributed by atoms with Gasteiger partial charge in [-0.15, -0.1) is 0 Å². The Hall–Kier alpha value is -2.89. The van der Waals surface area contributed by atoms with Gasteiger partial charge in [0.15, 0.2) is 0 Å². The lowest BCUT2D eigenvalue weighted by Gasteiger charge is -2.18. The summed E-state index contributed by atoms with van der Waals surface area (Å²) in [4.78, 5) is 22.9. The van der Waals surface area contributed by atoms with Crippen LogP contribution in [-0.4, -0.2) is 22.6 Å². The summed E-state index contributed by atoms with van der Waals surface area (Å²) in [7, 11) is 0. The first-order valence-corrected chi connectivity index (χ1v) is 8.08. The van der Waals surface area contributed by atoms with Crippen LogP contribution in [0.15, 0.2) is 48.5 Å². The molecule has 2 aromatic rings. The summed E-state index contributed by atoms with van der Waals surface area (Å²) in [6.45, 7) is 0.318. The van der Waals surface area contributed by atoms with Crippen molar-refractivity contribution in [2.45, 2.75) is 31.3 Å². The number of carboxylic acid groups (broad SMARTS) is 1. The molecule has 0 radical (unpaired) electrons. The van der Waals surface area contributed by atoms with E-state index in [1.165, 1.54) is 24.3 Å². The molecule has 130 valence electrons.